The molecule has 2 N–H and O–H groups in total. The zero-order chi connectivity index (χ0) is 14.2. The molecule has 0 bridgehead atoms. The van der Waals surface area contributed by atoms with Crippen molar-refractivity contribution in [2.24, 2.45) is 0 Å². The Morgan fingerprint density at radius 1 is 1.47 bits per heavy atom. The lowest BCUT2D eigenvalue weighted by Crippen LogP contribution is -2.57. The highest BCUT2D eigenvalue weighted by molar-refractivity contribution is 9.10. The Hall–Kier alpha value is -1.89. The van der Waals surface area contributed by atoms with Crippen LogP contribution in [0.2, 0.25) is 0 Å². The molecule has 1 unspecified atom stereocenters. The zero-order valence-corrected chi connectivity index (χ0v) is 11.6. The third-order valence-corrected chi connectivity index (χ3v) is 3.42. The number of aromatic carboxylic acids is 1. The summed E-state index contributed by atoms with van der Waals surface area (Å²) < 4.78 is 0.620. The molecule has 0 aromatic heterocycles. The molecule has 6 nitrogen and oxygen atoms in total. The van der Waals surface area contributed by atoms with E-state index in [1.807, 2.05) is 0 Å². The van der Waals surface area contributed by atoms with Crippen LogP contribution in [0.3, 0.4) is 0 Å². The minimum absolute atomic E-state index is 0.0451. The van der Waals surface area contributed by atoms with Gasteiger partial charge in [-0.15, -0.1) is 0 Å². The second kappa shape index (κ2) is 5.00. The monoisotopic (exact) mass is 326 g/mol. The van der Waals surface area contributed by atoms with Gasteiger partial charge in [0, 0.05) is 4.47 Å². The number of carboxylic acid groups (broad SMARTS) is 1. The smallest absolute Gasteiger partial charge is 0.337 e. The van der Waals surface area contributed by atoms with Gasteiger partial charge in [-0.2, -0.15) is 0 Å². The predicted octanol–water partition coefficient (Wildman–Crippen LogP) is 0.999. The molecular weight excluding hydrogens is 316 g/mol. The summed E-state index contributed by atoms with van der Waals surface area (Å²) in [6.07, 6.45) is 0. The maximum Gasteiger partial charge on any atom is 0.337 e. The van der Waals surface area contributed by atoms with Crippen molar-refractivity contribution in [3.63, 3.8) is 0 Å². The Labute approximate surface area is 117 Å². The second-order valence-corrected chi connectivity index (χ2v) is 5.10. The summed E-state index contributed by atoms with van der Waals surface area (Å²) in [6, 6.07) is 4.10. The Morgan fingerprint density at radius 3 is 2.79 bits per heavy atom. The number of anilines is 1. The molecule has 100 valence electrons. The molecule has 1 aliphatic rings. The van der Waals surface area contributed by atoms with Crippen LogP contribution in [-0.4, -0.2) is 35.5 Å². The zero-order valence-electron chi connectivity index (χ0n) is 10.0. The van der Waals surface area contributed by atoms with Gasteiger partial charge in [-0.05, 0) is 25.1 Å². The van der Waals surface area contributed by atoms with Gasteiger partial charge in [0.15, 0.2) is 0 Å². The quantitative estimate of drug-likeness (QED) is 0.792. The van der Waals surface area contributed by atoms with E-state index in [2.05, 4.69) is 21.2 Å². The normalized spacial score (nSPS) is 19.3. The van der Waals surface area contributed by atoms with Crippen molar-refractivity contribution in [3.05, 3.63) is 28.2 Å². The number of carbonyl (C=O) groups is 3. The van der Waals surface area contributed by atoms with Gasteiger partial charge in [0.25, 0.3) is 0 Å². The third-order valence-electron chi connectivity index (χ3n) is 2.92. The number of halogens is 1. The molecule has 1 atom stereocenters. The molecule has 19 heavy (non-hydrogen) atoms. The number of carboxylic acids is 1. The maximum atomic E-state index is 11.6. The van der Waals surface area contributed by atoms with E-state index in [1.165, 1.54) is 11.0 Å². The first-order valence-corrected chi connectivity index (χ1v) is 6.32. The minimum Gasteiger partial charge on any atom is -0.478 e. The Morgan fingerprint density at radius 2 is 2.16 bits per heavy atom. The van der Waals surface area contributed by atoms with Crippen LogP contribution < -0.4 is 10.2 Å². The first-order chi connectivity index (χ1) is 8.90. The number of hydrogen-bond acceptors (Lipinski definition) is 4. The van der Waals surface area contributed by atoms with Crippen molar-refractivity contribution in [2.45, 2.75) is 13.0 Å². The maximum absolute atomic E-state index is 11.6. The van der Waals surface area contributed by atoms with E-state index in [9.17, 15) is 19.5 Å². The topological polar surface area (TPSA) is 86.7 Å². The number of imide groups is 1. The Kier molecular flexibility index (Phi) is 3.57. The molecule has 1 heterocycles. The average molecular weight is 327 g/mol. The van der Waals surface area contributed by atoms with Crippen LogP contribution in [0, 0.1) is 0 Å². The van der Waals surface area contributed by atoms with E-state index >= 15 is 0 Å². The van der Waals surface area contributed by atoms with Gasteiger partial charge in [-0.25, -0.2) is 4.79 Å². The summed E-state index contributed by atoms with van der Waals surface area (Å²) in [5.74, 6) is -1.99. The van der Waals surface area contributed by atoms with Crippen LogP contribution >= 0.6 is 15.9 Å². The highest BCUT2D eigenvalue weighted by atomic mass is 79.9. The summed E-state index contributed by atoms with van der Waals surface area (Å²) in [7, 11) is 0. The molecule has 0 saturated carbocycles. The molecule has 1 aromatic carbocycles. The summed E-state index contributed by atoms with van der Waals surface area (Å²) in [5.41, 5.74) is 0.398. The van der Waals surface area contributed by atoms with Crippen LogP contribution in [0.1, 0.15) is 17.3 Å². The molecule has 0 aliphatic carbocycles. The summed E-state index contributed by atoms with van der Waals surface area (Å²) in [5, 5.41) is 11.4. The van der Waals surface area contributed by atoms with Crippen LogP contribution in [0.25, 0.3) is 0 Å². The second-order valence-electron chi connectivity index (χ2n) is 4.18. The Bertz CT molecular complexity index is 573. The molecular formula is C12H11BrN2O4. The van der Waals surface area contributed by atoms with Gasteiger partial charge in [0.1, 0.15) is 6.04 Å². The first-order valence-electron chi connectivity index (χ1n) is 5.53. The summed E-state index contributed by atoms with van der Waals surface area (Å²) in [4.78, 5) is 35.8. The van der Waals surface area contributed by atoms with Gasteiger partial charge in [-0.3, -0.25) is 14.9 Å². The van der Waals surface area contributed by atoms with Gasteiger partial charge in [-0.1, -0.05) is 15.9 Å². The molecule has 7 heteroatoms. The number of piperazine rings is 1. The largest absolute Gasteiger partial charge is 0.478 e. The van der Waals surface area contributed by atoms with E-state index in [0.717, 1.165) is 0 Å². The van der Waals surface area contributed by atoms with Gasteiger partial charge in [0.05, 0.1) is 17.8 Å². The van der Waals surface area contributed by atoms with Gasteiger partial charge < -0.3 is 10.0 Å². The number of nitrogens with zero attached hydrogens (tertiary/aromatic N) is 1. The number of carbonyl (C=O) groups excluding carboxylic acids is 2. The molecule has 1 saturated heterocycles. The highest BCUT2D eigenvalue weighted by Crippen LogP contribution is 2.27. The number of benzene rings is 1. The minimum atomic E-state index is -1.11. The van der Waals surface area contributed by atoms with Crippen LogP contribution in [0.4, 0.5) is 5.69 Å². The van der Waals surface area contributed by atoms with Crippen LogP contribution in [-0.2, 0) is 9.59 Å². The van der Waals surface area contributed by atoms with E-state index in [-0.39, 0.29) is 12.1 Å². The lowest BCUT2D eigenvalue weighted by Gasteiger charge is -2.34. The standard InChI is InChI=1S/C12H11BrN2O4/c1-6-11(17)14-10(16)5-15(6)9-3-2-7(13)4-8(9)12(18)19/h2-4,6H,5H2,1H3,(H,18,19)(H,14,16,17). The molecule has 2 rings (SSSR count). The lowest BCUT2D eigenvalue weighted by molar-refractivity contribution is -0.132. The molecule has 2 amide bonds. The number of hydrogen-bond donors (Lipinski definition) is 2. The molecule has 1 aromatic rings. The molecule has 0 spiro atoms. The van der Waals surface area contributed by atoms with Crippen molar-refractivity contribution >= 4 is 39.4 Å². The van der Waals surface area contributed by atoms with Crippen molar-refractivity contribution < 1.29 is 19.5 Å². The average Bonchev–Trinajstić information content (AvgIpc) is 2.34. The molecule has 1 fully saturated rings. The predicted molar refractivity (Wildman–Crippen MR) is 71.1 cm³/mol. The van der Waals surface area contributed by atoms with Crippen molar-refractivity contribution in [1.82, 2.24) is 5.32 Å². The highest BCUT2D eigenvalue weighted by Gasteiger charge is 2.32. The van der Waals surface area contributed by atoms with Crippen molar-refractivity contribution in [2.75, 3.05) is 11.4 Å². The van der Waals surface area contributed by atoms with Crippen LogP contribution in [0.5, 0.6) is 0 Å². The summed E-state index contributed by atoms with van der Waals surface area (Å²) >= 11 is 3.20. The van der Waals surface area contributed by atoms with Crippen LogP contribution in [0.15, 0.2) is 22.7 Å². The van der Waals surface area contributed by atoms with E-state index in [1.54, 1.807) is 19.1 Å². The van der Waals surface area contributed by atoms with Gasteiger partial charge in [0.2, 0.25) is 11.8 Å². The number of amides is 2. The van der Waals surface area contributed by atoms with Crippen molar-refractivity contribution in [3.8, 4) is 0 Å². The Balaban J connectivity index is 2.48. The third kappa shape index (κ3) is 2.60. The van der Waals surface area contributed by atoms with E-state index in [0.29, 0.717) is 10.2 Å². The fourth-order valence-corrected chi connectivity index (χ4v) is 2.30. The number of rotatable bonds is 2. The lowest BCUT2D eigenvalue weighted by atomic mass is 10.1. The van der Waals surface area contributed by atoms with Crippen molar-refractivity contribution in [1.29, 1.82) is 0 Å². The van der Waals surface area contributed by atoms with E-state index < -0.39 is 23.8 Å². The fourth-order valence-electron chi connectivity index (χ4n) is 1.94. The molecule has 0 radical (unpaired) electrons. The number of nitrogens with one attached hydrogen (secondary N) is 1. The SMILES string of the molecule is CC1C(=O)NC(=O)CN1c1ccc(Br)cc1C(=O)O. The fraction of sp³-hybridized carbons (Fsp3) is 0.250. The summed E-state index contributed by atoms with van der Waals surface area (Å²) in [6.45, 7) is 1.57. The van der Waals surface area contributed by atoms with Gasteiger partial charge >= 0.3 is 5.97 Å². The van der Waals surface area contributed by atoms with E-state index in [4.69, 9.17) is 0 Å². The molecule has 1 aliphatic heterocycles. The first kappa shape index (κ1) is 13.5.